The zero-order valence-electron chi connectivity index (χ0n) is 8.93. The van der Waals surface area contributed by atoms with E-state index in [1.807, 2.05) is 6.92 Å². The molecule has 0 saturated carbocycles. The van der Waals surface area contributed by atoms with Crippen molar-refractivity contribution in [1.82, 2.24) is 0 Å². The van der Waals surface area contributed by atoms with Crippen LogP contribution in [0.15, 0.2) is 18.2 Å². The Hall–Kier alpha value is -0.860. The van der Waals surface area contributed by atoms with E-state index < -0.39 is 10.5 Å². The first-order valence-corrected chi connectivity index (χ1v) is 5.85. The molecule has 86 valence electrons. The van der Waals surface area contributed by atoms with Crippen molar-refractivity contribution in [3.8, 4) is 0 Å². The molecule has 0 atom stereocenters. The van der Waals surface area contributed by atoms with Gasteiger partial charge in [-0.2, -0.15) is 0 Å². The van der Waals surface area contributed by atoms with E-state index in [1.165, 1.54) is 0 Å². The topological polar surface area (TPSA) is 34.1 Å². The van der Waals surface area contributed by atoms with Gasteiger partial charge in [0.25, 0.3) is 10.5 Å². The predicted molar refractivity (Wildman–Crippen MR) is 65.4 cm³/mol. The summed E-state index contributed by atoms with van der Waals surface area (Å²) in [5.74, 6) is 0. The minimum atomic E-state index is -0.550. The second-order valence-corrected chi connectivity index (χ2v) is 4.17. The Morgan fingerprint density at radius 3 is 2.00 bits per heavy atom. The summed E-state index contributed by atoms with van der Waals surface area (Å²) < 4.78 is 0. The van der Waals surface area contributed by atoms with Crippen molar-refractivity contribution in [3.05, 3.63) is 34.9 Å². The van der Waals surface area contributed by atoms with Gasteiger partial charge in [-0.3, -0.25) is 9.59 Å². The number of hydrogen-bond donors (Lipinski definition) is 0. The van der Waals surface area contributed by atoms with Crippen LogP contribution in [0.2, 0.25) is 0 Å². The fourth-order valence-electron chi connectivity index (χ4n) is 1.58. The fraction of sp³-hybridized carbons (Fsp3) is 0.333. The van der Waals surface area contributed by atoms with E-state index in [2.05, 4.69) is 0 Å². The molecule has 0 aliphatic carbocycles. The highest BCUT2D eigenvalue weighted by atomic mass is 35.5. The molecule has 0 heterocycles. The highest BCUT2D eigenvalue weighted by Gasteiger charge is 2.15. The van der Waals surface area contributed by atoms with Crippen LogP contribution in [-0.2, 0) is 6.42 Å². The van der Waals surface area contributed by atoms with Crippen LogP contribution in [0.3, 0.4) is 0 Å². The van der Waals surface area contributed by atoms with Crippen LogP contribution in [0.4, 0.5) is 0 Å². The molecule has 4 heteroatoms. The average molecular weight is 259 g/mol. The zero-order chi connectivity index (χ0) is 12.1. The number of benzene rings is 1. The van der Waals surface area contributed by atoms with Crippen molar-refractivity contribution in [2.24, 2.45) is 0 Å². The molecule has 0 spiro atoms. The number of hydrogen-bond acceptors (Lipinski definition) is 2. The molecule has 16 heavy (non-hydrogen) atoms. The third kappa shape index (κ3) is 3.06. The van der Waals surface area contributed by atoms with Gasteiger partial charge in [0.15, 0.2) is 0 Å². The maximum Gasteiger partial charge on any atom is 0.252 e. The molecule has 0 aromatic heterocycles. The van der Waals surface area contributed by atoms with Crippen molar-refractivity contribution in [3.63, 3.8) is 0 Å². The van der Waals surface area contributed by atoms with E-state index >= 15 is 0 Å². The number of carbonyl (C=O) groups is 2. The molecule has 0 saturated heterocycles. The van der Waals surface area contributed by atoms with Crippen molar-refractivity contribution in [1.29, 1.82) is 0 Å². The van der Waals surface area contributed by atoms with Gasteiger partial charge in [0, 0.05) is 11.1 Å². The van der Waals surface area contributed by atoms with Gasteiger partial charge in [-0.25, -0.2) is 0 Å². The van der Waals surface area contributed by atoms with Crippen LogP contribution in [0.25, 0.3) is 0 Å². The van der Waals surface area contributed by atoms with Gasteiger partial charge < -0.3 is 0 Å². The highest BCUT2D eigenvalue weighted by Crippen LogP contribution is 2.21. The Balaban J connectivity index is 3.23. The van der Waals surface area contributed by atoms with Crippen LogP contribution in [0.5, 0.6) is 0 Å². The van der Waals surface area contributed by atoms with Gasteiger partial charge >= 0.3 is 0 Å². The summed E-state index contributed by atoms with van der Waals surface area (Å²) >= 11 is 10.9. The highest BCUT2D eigenvalue weighted by molar-refractivity contribution is 6.69. The third-order valence-electron chi connectivity index (χ3n) is 2.38. The minimum absolute atomic E-state index is 0.376. The molecule has 1 aromatic rings. The van der Waals surface area contributed by atoms with Gasteiger partial charge in [0.1, 0.15) is 0 Å². The first-order valence-electron chi connectivity index (χ1n) is 5.09. The van der Waals surface area contributed by atoms with Gasteiger partial charge in [0.2, 0.25) is 0 Å². The largest absolute Gasteiger partial charge is 0.276 e. The Labute approximate surface area is 105 Å². The van der Waals surface area contributed by atoms with E-state index in [4.69, 9.17) is 23.2 Å². The Morgan fingerprint density at radius 2 is 1.62 bits per heavy atom. The molecule has 2 nitrogen and oxygen atoms in total. The molecule has 1 aromatic carbocycles. The SMILES string of the molecule is CCCCc1c(C(=O)Cl)cccc1C(=O)Cl. The summed E-state index contributed by atoms with van der Waals surface area (Å²) in [7, 11) is 0. The van der Waals surface area contributed by atoms with E-state index in [9.17, 15) is 9.59 Å². The van der Waals surface area contributed by atoms with Crippen LogP contribution in [-0.4, -0.2) is 10.5 Å². The number of rotatable bonds is 5. The van der Waals surface area contributed by atoms with E-state index in [1.54, 1.807) is 18.2 Å². The first-order chi connectivity index (χ1) is 7.57. The maximum absolute atomic E-state index is 11.2. The Morgan fingerprint density at radius 1 is 1.12 bits per heavy atom. The molecule has 0 aliphatic heterocycles. The zero-order valence-corrected chi connectivity index (χ0v) is 10.4. The van der Waals surface area contributed by atoms with Crippen LogP contribution < -0.4 is 0 Å². The summed E-state index contributed by atoms with van der Waals surface area (Å²) in [6, 6.07) is 4.84. The lowest BCUT2D eigenvalue weighted by Crippen LogP contribution is -2.05. The van der Waals surface area contributed by atoms with Gasteiger partial charge in [-0.1, -0.05) is 19.4 Å². The van der Waals surface area contributed by atoms with E-state index in [0.29, 0.717) is 23.1 Å². The maximum atomic E-state index is 11.2. The van der Waals surface area contributed by atoms with Crippen molar-refractivity contribution >= 4 is 33.7 Å². The summed E-state index contributed by atoms with van der Waals surface area (Å²) in [6.45, 7) is 2.04. The second-order valence-electron chi connectivity index (χ2n) is 3.48. The molecule has 0 fully saturated rings. The lowest BCUT2D eigenvalue weighted by molar-refractivity contribution is 0.108. The van der Waals surface area contributed by atoms with Gasteiger partial charge in [0.05, 0.1) is 0 Å². The Kier molecular flexibility index (Phi) is 4.97. The van der Waals surface area contributed by atoms with E-state index in [0.717, 1.165) is 12.8 Å². The lowest BCUT2D eigenvalue weighted by atomic mass is 9.97. The van der Waals surface area contributed by atoms with Crippen LogP contribution in [0.1, 0.15) is 46.0 Å². The molecule has 0 N–H and O–H groups in total. The lowest BCUT2D eigenvalue weighted by Gasteiger charge is -2.09. The molecule has 0 radical (unpaired) electrons. The molecule has 0 bridgehead atoms. The molecule has 0 aliphatic rings. The average Bonchev–Trinajstić information content (AvgIpc) is 2.25. The number of unbranched alkanes of at least 4 members (excludes halogenated alkanes) is 1. The summed E-state index contributed by atoms with van der Waals surface area (Å²) in [6.07, 6.45) is 2.50. The van der Waals surface area contributed by atoms with E-state index in [-0.39, 0.29) is 0 Å². The molecule has 0 unspecified atom stereocenters. The summed E-state index contributed by atoms with van der Waals surface area (Å²) in [5.41, 5.74) is 1.41. The number of halogens is 2. The fourth-order valence-corrected chi connectivity index (χ4v) is 1.93. The predicted octanol–water partition coefficient (Wildman–Crippen LogP) is 3.79. The molecule has 0 amide bonds. The molecular weight excluding hydrogens is 247 g/mol. The summed E-state index contributed by atoms with van der Waals surface area (Å²) in [5, 5.41) is -1.10. The third-order valence-corrected chi connectivity index (χ3v) is 2.79. The summed E-state index contributed by atoms with van der Waals surface area (Å²) in [4.78, 5) is 22.4. The standard InChI is InChI=1S/C12H12Cl2O2/c1-2-3-5-8-9(11(13)15)6-4-7-10(8)12(14)16/h4,6-7H,2-3,5H2,1H3. The Bertz CT molecular complexity index is 381. The van der Waals surface area contributed by atoms with Crippen LogP contribution in [0, 0.1) is 0 Å². The van der Waals surface area contributed by atoms with Gasteiger partial charge in [-0.15, -0.1) is 0 Å². The minimum Gasteiger partial charge on any atom is -0.276 e. The monoisotopic (exact) mass is 258 g/mol. The van der Waals surface area contributed by atoms with Crippen molar-refractivity contribution in [2.75, 3.05) is 0 Å². The van der Waals surface area contributed by atoms with Crippen molar-refractivity contribution in [2.45, 2.75) is 26.2 Å². The van der Waals surface area contributed by atoms with Gasteiger partial charge in [-0.05, 0) is 53.7 Å². The molecular formula is C12H12Cl2O2. The quantitative estimate of drug-likeness (QED) is 0.754. The molecule has 1 rings (SSSR count). The first kappa shape index (κ1) is 13.2. The second kappa shape index (κ2) is 6.02. The van der Waals surface area contributed by atoms with Crippen LogP contribution >= 0.6 is 23.2 Å². The smallest absolute Gasteiger partial charge is 0.252 e. The normalized spacial score (nSPS) is 10.2. The number of carbonyl (C=O) groups excluding carboxylic acids is 2. The van der Waals surface area contributed by atoms with Crippen molar-refractivity contribution < 1.29 is 9.59 Å².